The summed E-state index contributed by atoms with van der Waals surface area (Å²) in [6.45, 7) is 0.276. The van der Waals surface area contributed by atoms with E-state index in [9.17, 15) is 13.2 Å². The first-order chi connectivity index (χ1) is 11.4. The predicted octanol–water partition coefficient (Wildman–Crippen LogP) is 3.85. The number of guanidine groups is 1. The number of nitrogens with one attached hydrogen (secondary N) is 1. The van der Waals surface area contributed by atoms with Gasteiger partial charge in [-0.25, -0.2) is 9.98 Å². The zero-order valence-corrected chi connectivity index (χ0v) is 13.3. The molecule has 128 valence electrons. The van der Waals surface area contributed by atoms with Crippen LogP contribution in [0, 0.1) is 0 Å². The summed E-state index contributed by atoms with van der Waals surface area (Å²) in [7, 11) is 0. The van der Waals surface area contributed by atoms with Crippen molar-refractivity contribution in [2.45, 2.75) is 31.7 Å². The molecule has 0 amide bonds. The normalized spacial score (nSPS) is 15.4. The number of hydrogen-bond donors (Lipinski definition) is 2. The predicted molar refractivity (Wildman–Crippen MR) is 86.2 cm³/mol. The molecule has 3 rings (SSSR count). The lowest BCUT2D eigenvalue weighted by Crippen LogP contribution is -2.24. The molecule has 5 nitrogen and oxygen atoms in total. The molecule has 0 saturated heterocycles. The van der Waals surface area contributed by atoms with Crippen LogP contribution in [0.5, 0.6) is 5.75 Å². The van der Waals surface area contributed by atoms with Crippen molar-refractivity contribution in [3.8, 4) is 5.75 Å². The summed E-state index contributed by atoms with van der Waals surface area (Å²) in [6, 6.07) is 5.64. The van der Waals surface area contributed by atoms with Gasteiger partial charge in [0.25, 0.3) is 0 Å². The van der Waals surface area contributed by atoms with E-state index in [2.05, 4.69) is 20.0 Å². The van der Waals surface area contributed by atoms with Crippen LogP contribution in [0.25, 0.3) is 0 Å². The summed E-state index contributed by atoms with van der Waals surface area (Å²) in [5, 5.41) is 5.46. The highest BCUT2D eigenvalue weighted by molar-refractivity contribution is 7.09. The van der Waals surface area contributed by atoms with Crippen molar-refractivity contribution in [1.82, 2.24) is 4.98 Å². The summed E-state index contributed by atoms with van der Waals surface area (Å²) in [4.78, 5) is 8.59. The second kappa shape index (κ2) is 6.68. The molecule has 0 bridgehead atoms. The Morgan fingerprint density at radius 1 is 1.38 bits per heavy atom. The largest absolute Gasteiger partial charge is 0.573 e. The first kappa shape index (κ1) is 16.6. The minimum atomic E-state index is -4.77. The minimum Gasteiger partial charge on any atom is -0.404 e. The van der Waals surface area contributed by atoms with Gasteiger partial charge >= 0.3 is 6.36 Å². The van der Waals surface area contributed by atoms with Crippen molar-refractivity contribution in [3.05, 3.63) is 40.3 Å². The highest BCUT2D eigenvalue weighted by atomic mass is 32.1. The highest BCUT2D eigenvalue weighted by Crippen LogP contribution is 2.40. The molecule has 1 aliphatic rings. The summed E-state index contributed by atoms with van der Waals surface area (Å²) >= 11 is 1.50. The fraction of sp³-hybridized carbons (Fsp3) is 0.333. The van der Waals surface area contributed by atoms with Crippen LogP contribution in [-0.4, -0.2) is 17.3 Å². The molecule has 0 unspecified atom stereocenters. The molecular formula is C15H15F3N4OS. The number of benzene rings is 1. The molecule has 2 aromatic rings. The number of nitrogens with zero attached hydrogens (tertiary/aromatic N) is 2. The number of alkyl halides is 3. The maximum absolute atomic E-state index is 12.4. The monoisotopic (exact) mass is 356 g/mol. The third-order valence-electron chi connectivity index (χ3n) is 3.33. The molecule has 0 aliphatic heterocycles. The fourth-order valence-corrected chi connectivity index (χ4v) is 2.88. The first-order valence-electron chi connectivity index (χ1n) is 7.27. The Kier molecular flexibility index (Phi) is 4.61. The van der Waals surface area contributed by atoms with Crippen molar-refractivity contribution in [3.63, 3.8) is 0 Å². The van der Waals surface area contributed by atoms with E-state index in [-0.39, 0.29) is 23.9 Å². The molecule has 0 radical (unpaired) electrons. The van der Waals surface area contributed by atoms with Gasteiger partial charge in [-0.1, -0.05) is 12.1 Å². The Morgan fingerprint density at radius 2 is 2.12 bits per heavy atom. The summed E-state index contributed by atoms with van der Waals surface area (Å²) in [6.07, 6.45) is -2.43. The zero-order chi connectivity index (χ0) is 17.2. The molecule has 24 heavy (non-hydrogen) atoms. The van der Waals surface area contributed by atoms with Gasteiger partial charge in [0, 0.05) is 11.3 Å². The second-order valence-corrected chi connectivity index (χ2v) is 6.25. The van der Waals surface area contributed by atoms with E-state index in [4.69, 9.17) is 5.73 Å². The maximum atomic E-state index is 12.4. The minimum absolute atomic E-state index is 0.00334. The third kappa shape index (κ3) is 4.60. The molecule has 1 fully saturated rings. The SMILES string of the molecule is NC(=NCc1nc(C2CC2)cs1)Nc1ccccc1OC(F)(F)F. The smallest absolute Gasteiger partial charge is 0.404 e. The number of hydrogen-bond acceptors (Lipinski definition) is 4. The average molecular weight is 356 g/mol. The van der Waals surface area contributed by atoms with E-state index in [1.54, 1.807) is 6.07 Å². The van der Waals surface area contributed by atoms with Crippen molar-refractivity contribution < 1.29 is 17.9 Å². The molecule has 0 spiro atoms. The van der Waals surface area contributed by atoms with E-state index < -0.39 is 6.36 Å². The number of aliphatic imine (C=N–C) groups is 1. The van der Waals surface area contributed by atoms with Crippen molar-refractivity contribution >= 4 is 23.0 Å². The molecule has 1 aliphatic carbocycles. The maximum Gasteiger partial charge on any atom is 0.573 e. The highest BCUT2D eigenvalue weighted by Gasteiger charge is 2.32. The van der Waals surface area contributed by atoms with Crippen molar-refractivity contribution in [2.24, 2.45) is 10.7 Å². The van der Waals surface area contributed by atoms with Gasteiger partial charge in [0.1, 0.15) is 5.01 Å². The quantitative estimate of drug-likeness (QED) is 0.631. The lowest BCUT2D eigenvalue weighted by Gasteiger charge is -2.13. The molecular weight excluding hydrogens is 341 g/mol. The number of ether oxygens (including phenoxy) is 1. The van der Waals surface area contributed by atoms with Gasteiger partial charge in [0.15, 0.2) is 11.7 Å². The van der Waals surface area contributed by atoms with E-state index in [0.29, 0.717) is 5.92 Å². The number of rotatable bonds is 5. The molecule has 9 heteroatoms. The number of nitrogens with two attached hydrogens (primary N) is 1. The topological polar surface area (TPSA) is 72.5 Å². The molecule has 1 heterocycles. The van der Waals surface area contributed by atoms with Crippen LogP contribution < -0.4 is 15.8 Å². The molecule has 1 aromatic carbocycles. The Hall–Kier alpha value is -2.29. The Labute approximate surface area is 140 Å². The van der Waals surface area contributed by atoms with E-state index >= 15 is 0 Å². The standard InChI is InChI=1S/C15H15F3N4OS/c16-15(17,18)23-12-4-2-1-3-10(12)22-14(19)20-7-13-21-11(8-24-13)9-5-6-9/h1-4,8-9H,5-7H2,(H3,19,20,22). The number of halogens is 3. The second-order valence-electron chi connectivity index (χ2n) is 5.31. The Bertz CT molecular complexity index is 740. The van der Waals surface area contributed by atoms with Gasteiger partial charge in [0.05, 0.1) is 17.9 Å². The number of thiazole rings is 1. The number of anilines is 1. The zero-order valence-electron chi connectivity index (χ0n) is 12.5. The Morgan fingerprint density at radius 3 is 2.83 bits per heavy atom. The van der Waals surface area contributed by atoms with E-state index in [1.807, 2.05) is 5.38 Å². The summed E-state index contributed by atoms with van der Waals surface area (Å²) < 4.78 is 41.1. The van der Waals surface area contributed by atoms with Crippen LogP contribution in [0.1, 0.15) is 29.5 Å². The Balaban J connectivity index is 1.64. The molecule has 3 N–H and O–H groups in total. The van der Waals surface area contributed by atoms with Crippen LogP contribution in [0.15, 0.2) is 34.6 Å². The third-order valence-corrected chi connectivity index (χ3v) is 4.18. The first-order valence-corrected chi connectivity index (χ1v) is 8.15. The van der Waals surface area contributed by atoms with Crippen molar-refractivity contribution in [1.29, 1.82) is 0 Å². The fourth-order valence-electron chi connectivity index (χ4n) is 2.08. The number of para-hydroxylation sites is 2. The van der Waals surface area contributed by atoms with Crippen LogP contribution >= 0.6 is 11.3 Å². The molecule has 1 saturated carbocycles. The number of aromatic nitrogens is 1. The van der Waals surface area contributed by atoms with Gasteiger partial charge in [-0.05, 0) is 25.0 Å². The lowest BCUT2D eigenvalue weighted by molar-refractivity contribution is -0.274. The van der Waals surface area contributed by atoms with Crippen LogP contribution in [0.2, 0.25) is 0 Å². The molecule has 0 atom stereocenters. The lowest BCUT2D eigenvalue weighted by atomic mass is 10.3. The summed E-state index contributed by atoms with van der Waals surface area (Å²) in [5.74, 6) is 0.200. The summed E-state index contributed by atoms with van der Waals surface area (Å²) in [5.41, 5.74) is 6.92. The van der Waals surface area contributed by atoms with Crippen LogP contribution in [0.3, 0.4) is 0 Å². The van der Waals surface area contributed by atoms with Gasteiger partial charge < -0.3 is 15.8 Å². The van der Waals surface area contributed by atoms with Gasteiger partial charge in [-0.3, -0.25) is 0 Å². The van der Waals surface area contributed by atoms with Crippen LogP contribution in [-0.2, 0) is 6.54 Å². The molecule has 1 aromatic heterocycles. The van der Waals surface area contributed by atoms with Crippen LogP contribution in [0.4, 0.5) is 18.9 Å². The van der Waals surface area contributed by atoms with Crippen molar-refractivity contribution in [2.75, 3.05) is 5.32 Å². The van der Waals surface area contributed by atoms with Gasteiger partial charge in [-0.2, -0.15) is 0 Å². The van der Waals surface area contributed by atoms with E-state index in [0.717, 1.165) is 10.7 Å². The van der Waals surface area contributed by atoms with E-state index in [1.165, 1.54) is 42.4 Å². The van der Waals surface area contributed by atoms with Gasteiger partial charge in [0.2, 0.25) is 0 Å². The average Bonchev–Trinajstić information content (AvgIpc) is 3.25. The van der Waals surface area contributed by atoms with Gasteiger partial charge in [-0.15, -0.1) is 24.5 Å².